The van der Waals surface area contributed by atoms with E-state index < -0.39 is 0 Å². The lowest BCUT2D eigenvalue weighted by Crippen LogP contribution is -2.45. The second-order valence-electron chi connectivity index (χ2n) is 4.04. The van der Waals surface area contributed by atoms with Gasteiger partial charge in [0.1, 0.15) is 0 Å². The highest BCUT2D eigenvalue weighted by Gasteiger charge is 2.27. The molecule has 1 heterocycles. The van der Waals surface area contributed by atoms with Crippen molar-refractivity contribution < 1.29 is 19.1 Å². The number of carbonyl (C=O) groups is 2. The van der Waals surface area contributed by atoms with Gasteiger partial charge in [-0.1, -0.05) is 0 Å². The van der Waals surface area contributed by atoms with Gasteiger partial charge in [-0.2, -0.15) is 0 Å². The van der Waals surface area contributed by atoms with Crippen molar-refractivity contribution in [1.82, 2.24) is 10.2 Å². The molecule has 0 N–H and O–H groups in total. The van der Waals surface area contributed by atoms with Crippen LogP contribution in [0.4, 0.5) is 0 Å². The van der Waals surface area contributed by atoms with Gasteiger partial charge in [-0.15, -0.1) is 0 Å². The summed E-state index contributed by atoms with van der Waals surface area (Å²) in [6.45, 7) is 5.15. The van der Waals surface area contributed by atoms with E-state index in [2.05, 4.69) is 5.32 Å². The van der Waals surface area contributed by atoms with Crippen LogP contribution in [-0.4, -0.2) is 55.9 Å². The molecule has 103 valence electrons. The van der Waals surface area contributed by atoms with Crippen LogP contribution in [0.25, 0.3) is 0 Å². The lowest BCUT2D eigenvalue weighted by molar-refractivity contribution is -0.149. The first-order chi connectivity index (χ1) is 8.67. The molecule has 0 aromatic heterocycles. The van der Waals surface area contributed by atoms with E-state index >= 15 is 0 Å². The number of hydrogen-bond donors (Lipinski definition) is 0. The van der Waals surface area contributed by atoms with Crippen LogP contribution in [0.3, 0.4) is 0 Å². The van der Waals surface area contributed by atoms with Crippen molar-refractivity contribution in [2.45, 2.75) is 32.9 Å². The number of hydrogen-bond acceptors (Lipinski definition) is 5. The molecule has 1 aliphatic heterocycles. The monoisotopic (exact) mass is 257 g/mol. The minimum Gasteiger partial charge on any atom is -0.465 e. The average Bonchev–Trinajstić information content (AvgIpc) is 2.82. The summed E-state index contributed by atoms with van der Waals surface area (Å²) >= 11 is 0. The molecule has 0 aromatic carbocycles. The Hall–Kier alpha value is -1.14. The second-order valence-corrected chi connectivity index (χ2v) is 4.04. The molecule has 18 heavy (non-hydrogen) atoms. The van der Waals surface area contributed by atoms with E-state index in [0.29, 0.717) is 13.2 Å². The summed E-state index contributed by atoms with van der Waals surface area (Å²) in [5.41, 5.74) is 0. The van der Waals surface area contributed by atoms with Gasteiger partial charge in [-0.3, -0.25) is 14.5 Å². The zero-order valence-electron chi connectivity index (χ0n) is 11.1. The normalized spacial score (nSPS) is 18.9. The third kappa shape index (κ3) is 5.01. The average molecular weight is 257 g/mol. The molecule has 1 atom stereocenters. The number of rotatable bonds is 7. The summed E-state index contributed by atoms with van der Waals surface area (Å²) < 4.78 is 9.80. The molecule has 6 nitrogen and oxygen atoms in total. The van der Waals surface area contributed by atoms with Crippen LogP contribution in [0.5, 0.6) is 0 Å². The number of nitrogens with zero attached hydrogens (tertiary/aromatic N) is 2. The highest BCUT2D eigenvalue weighted by Crippen LogP contribution is 2.12. The van der Waals surface area contributed by atoms with E-state index in [4.69, 9.17) is 9.47 Å². The summed E-state index contributed by atoms with van der Waals surface area (Å²) in [7, 11) is 0. The highest BCUT2D eigenvalue weighted by molar-refractivity contribution is 5.75. The summed E-state index contributed by atoms with van der Waals surface area (Å²) in [4.78, 5) is 24.7. The van der Waals surface area contributed by atoms with Crippen molar-refractivity contribution in [2.75, 3.05) is 32.8 Å². The van der Waals surface area contributed by atoms with Crippen molar-refractivity contribution in [2.24, 2.45) is 0 Å². The van der Waals surface area contributed by atoms with Crippen LogP contribution >= 0.6 is 0 Å². The molecule has 6 heteroatoms. The molecule has 0 aromatic rings. The fraction of sp³-hybridized carbons (Fsp3) is 0.833. The van der Waals surface area contributed by atoms with E-state index in [1.807, 2.05) is 0 Å². The molecule has 0 bridgehead atoms. The Morgan fingerprint density at radius 2 is 1.72 bits per heavy atom. The van der Waals surface area contributed by atoms with Crippen molar-refractivity contribution >= 4 is 11.9 Å². The largest absolute Gasteiger partial charge is 0.465 e. The summed E-state index contributed by atoms with van der Waals surface area (Å²) in [5.74, 6) is -0.659. The predicted octanol–water partition coefficient (Wildman–Crippen LogP) is 0.139. The molecular formula is C12H21N2O4. The molecule has 1 saturated heterocycles. The lowest BCUT2D eigenvalue weighted by Gasteiger charge is -2.25. The van der Waals surface area contributed by atoms with E-state index in [9.17, 15) is 9.59 Å². The van der Waals surface area contributed by atoms with E-state index in [-0.39, 0.29) is 31.2 Å². The summed E-state index contributed by atoms with van der Waals surface area (Å²) in [6.07, 6.45) is 1.80. The maximum Gasteiger partial charge on any atom is 0.320 e. The minimum atomic E-state index is -0.330. The van der Waals surface area contributed by atoms with E-state index in [0.717, 1.165) is 19.4 Å². The molecule has 0 spiro atoms. The van der Waals surface area contributed by atoms with Gasteiger partial charge < -0.3 is 9.47 Å². The van der Waals surface area contributed by atoms with Crippen molar-refractivity contribution in [3.05, 3.63) is 0 Å². The molecule has 1 radical (unpaired) electrons. The Morgan fingerprint density at radius 3 is 2.11 bits per heavy atom. The quantitative estimate of drug-likeness (QED) is 0.607. The van der Waals surface area contributed by atoms with Crippen molar-refractivity contribution in [3.63, 3.8) is 0 Å². The minimum absolute atomic E-state index is 0.0705. The summed E-state index contributed by atoms with van der Waals surface area (Å²) in [6, 6.07) is 0. The van der Waals surface area contributed by atoms with Gasteiger partial charge >= 0.3 is 11.9 Å². The van der Waals surface area contributed by atoms with Crippen LogP contribution in [0.1, 0.15) is 26.7 Å². The molecule has 0 saturated carbocycles. The maximum atomic E-state index is 11.5. The highest BCUT2D eigenvalue weighted by atomic mass is 16.5. The van der Waals surface area contributed by atoms with Crippen LogP contribution < -0.4 is 5.32 Å². The molecule has 1 unspecified atom stereocenters. The van der Waals surface area contributed by atoms with E-state index in [1.165, 1.54) is 0 Å². The first-order valence-corrected chi connectivity index (χ1v) is 6.39. The van der Waals surface area contributed by atoms with Gasteiger partial charge in [0.25, 0.3) is 0 Å². The smallest absolute Gasteiger partial charge is 0.320 e. The third-order valence-electron chi connectivity index (χ3n) is 2.66. The van der Waals surface area contributed by atoms with Gasteiger partial charge in [0.05, 0.1) is 32.5 Å². The standard InChI is InChI=1S/C12H21N2O4/c1-3-17-11(15)8-14(9-12(16)18-4-2)10-6-5-7-13-10/h10H,3-9H2,1-2H3. The zero-order valence-corrected chi connectivity index (χ0v) is 11.1. The number of ether oxygens (including phenoxy) is 2. The van der Waals surface area contributed by atoms with Gasteiger partial charge in [-0.25, -0.2) is 5.32 Å². The Bertz CT molecular complexity index is 257. The Morgan fingerprint density at radius 1 is 1.17 bits per heavy atom. The second kappa shape index (κ2) is 8.05. The van der Waals surface area contributed by atoms with Crippen LogP contribution in [0.2, 0.25) is 0 Å². The molecule has 0 amide bonds. The third-order valence-corrected chi connectivity index (χ3v) is 2.66. The molecule has 1 fully saturated rings. The topological polar surface area (TPSA) is 69.9 Å². The maximum absolute atomic E-state index is 11.5. The number of carbonyl (C=O) groups excluding carboxylic acids is 2. The summed E-state index contributed by atoms with van der Waals surface area (Å²) in [5, 5.41) is 4.37. The van der Waals surface area contributed by atoms with Gasteiger partial charge in [0.15, 0.2) is 0 Å². The van der Waals surface area contributed by atoms with Crippen molar-refractivity contribution in [3.8, 4) is 0 Å². The SMILES string of the molecule is CCOC(=O)CN(CC(=O)OCC)C1CCC[N]1. The Kier molecular flexibility index (Phi) is 6.67. The predicted molar refractivity (Wildman–Crippen MR) is 64.9 cm³/mol. The molecule has 0 aliphatic carbocycles. The molecular weight excluding hydrogens is 236 g/mol. The first kappa shape index (κ1) is 14.9. The van der Waals surface area contributed by atoms with E-state index in [1.54, 1.807) is 18.7 Å². The zero-order chi connectivity index (χ0) is 13.4. The van der Waals surface area contributed by atoms with Gasteiger partial charge in [0, 0.05) is 6.54 Å². The molecule has 1 rings (SSSR count). The lowest BCUT2D eigenvalue weighted by atomic mass is 10.3. The first-order valence-electron chi connectivity index (χ1n) is 6.39. The Labute approximate surface area is 108 Å². The fourth-order valence-corrected chi connectivity index (χ4v) is 1.92. The van der Waals surface area contributed by atoms with Crippen LogP contribution in [0.15, 0.2) is 0 Å². The van der Waals surface area contributed by atoms with Gasteiger partial charge in [-0.05, 0) is 26.7 Å². The van der Waals surface area contributed by atoms with Crippen LogP contribution in [0, 0.1) is 0 Å². The fourth-order valence-electron chi connectivity index (χ4n) is 1.92. The molecule has 1 aliphatic rings. The Balaban J connectivity index is 2.51. The van der Waals surface area contributed by atoms with Gasteiger partial charge in [0.2, 0.25) is 0 Å². The van der Waals surface area contributed by atoms with Crippen LogP contribution in [-0.2, 0) is 19.1 Å². The van der Waals surface area contributed by atoms with Crippen molar-refractivity contribution in [1.29, 1.82) is 0 Å². The number of esters is 2.